The number of fused-ring (bicyclic) bond motifs is 2. The lowest BCUT2D eigenvalue weighted by Crippen LogP contribution is -2.30. The Morgan fingerprint density at radius 1 is 0.788 bits per heavy atom. The fourth-order valence-corrected chi connectivity index (χ4v) is 8.02. The minimum Gasteiger partial charge on any atom is -0.496 e. The lowest BCUT2D eigenvalue weighted by atomic mass is 10.0. The number of aromatic nitrogens is 1. The number of nitrogens with zero attached hydrogens (tertiary/aromatic N) is 1. The zero-order chi connectivity index (χ0) is 36.2. The fourth-order valence-electron chi connectivity index (χ4n) is 6.87. The van der Waals surface area contributed by atoms with Gasteiger partial charge in [0.25, 0.3) is 15.9 Å². The summed E-state index contributed by atoms with van der Waals surface area (Å²) >= 11 is 0. The molecule has 0 unspecified atom stereocenters. The van der Waals surface area contributed by atoms with Crippen molar-refractivity contribution in [2.24, 2.45) is 0 Å². The van der Waals surface area contributed by atoms with Crippen LogP contribution in [0.4, 0.5) is 10.5 Å². The molecule has 266 valence electrons. The number of anilines is 1. The number of hydrogen-bond acceptors (Lipinski definition) is 7. The number of benzene rings is 5. The summed E-state index contributed by atoms with van der Waals surface area (Å²) in [5, 5.41) is 6.18. The van der Waals surface area contributed by atoms with Crippen molar-refractivity contribution in [3.05, 3.63) is 132 Å². The van der Waals surface area contributed by atoms with Crippen LogP contribution in [0.2, 0.25) is 0 Å². The van der Waals surface area contributed by atoms with Gasteiger partial charge < -0.3 is 18.8 Å². The molecule has 1 aliphatic carbocycles. The zero-order valence-corrected chi connectivity index (χ0v) is 29.7. The smallest absolute Gasteiger partial charge is 0.411 e. The Morgan fingerprint density at radius 2 is 1.54 bits per heavy atom. The van der Waals surface area contributed by atoms with Gasteiger partial charge in [0.1, 0.15) is 22.5 Å². The van der Waals surface area contributed by atoms with Crippen LogP contribution in [0.5, 0.6) is 11.5 Å². The maximum absolute atomic E-state index is 13.2. The number of methoxy groups -OCH3 is 2. The highest BCUT2D eigenvalue weighted by atomic mass is 32.2. The first kappa shape index (κ1) is 34.6. The molecule has 0 atom stereocenters. The van der Waals surface area contributed by atoms with Crippen molar-refractivity contribution < 1.29 is 32.2 Å². The summed E-state index contributed by atoms with van der Waals surface area (Å²) in [6.45, 7) is 0.620. The second-order valence-corrected chi connectivity index (χ2v) is 14.6. The number of rotatable bonds is 11. The highest BCUT2D eigenvalue weighted by Crippen LogP contribution is 2.32. The first-order valence-electron chi connectivity index (χ1n) is 17.1. The number of hydrogen-bond donors (Lipinski definition) is 2. The van der Waals surface area contributed by atoms with Crippen LogP contribution in [-0.2, 0) is 27.7 Å². The van der Waals surface area contributed by atoms with Crippen LogP contribution in [0.25, 0.3) is 21.7 Å². The molecule has 10 nitrogen and oxygen atoms in total. The average Bonchev–Trinajstić information content (AvgIpc) is 3.78. The molecule has 52 heavy (non-hydrogen) atoms. The minimum absolute atomic E-state index is 0.0545. The van der Waals surface area contributed by atoms with Crippen LogP contribution < -0.4 is 19.5 Å². The van der Waals surface area contributed by atoms with Gasteiger partial charge in [-0.15, -0.1) is 0 Å². The molecule has 1 aliphatic rings. The molecule has 1 fully saturated rings. The van der Waals surface area contributed by atoms with Gasteiger partial charge >= 0.3 is 6.09 Å². The quantitative estimate of drug-likeness (QED) is 0.139. The highest BCUT2D eigenvalue weighted by molar-refractivity contribution is 7.90. The predicted octanol–water partition coefficient (Wildman–Crippen LogP) is 8.06. The minimum atomic E-state index is -4.22. The van der Waals surface area contributed by atoms with E-state index in [1.807, 2.05) is 30.3 Å². The molecule has 2 N–H and O–H groups in total. The summed E-state index contributed by atoms with van der Waals surface area (Å²) in [6.07, 6.45) is 5.90. The van der Waals surface area contributed by atoms with E-state index in [1.165, 1.54) is 37.8 Å². The number of carbonyl (C=O) groups excluding carboxylic acids is 2. The molecule has 0 radical (unpaired) electrons. The summed E-state index contributed by atoms with van der Waals surface area (Å²) in [5.41, 5.74) is 4.61. The van der Waals surface area contributed by atoms with Crippen molar-refractivity contribution in [1.82, 2.24) is 9.29 Å². The van der Waals surface area contributed by atoms with Crippen molar-refractivity contribution in [2.45, 2.75) is 49.6 Å². The number of amides is 2. The van der Waals surface area contributed by atoms with E-state index in [4.69, 9.17) is 14.2 Å². The van der Waals surface area contributed by atoms with Gasteiger partial charge in [0, 0.05) is 41.3 Å². The molecule has 5 aromatic carbocycles. The van der Waals surface area contributed by atoms with E-state index in [1.54, 1.807) is 24.3 Å². The van der Waals surface area contributed by atoms with Gasteiger partial charge in [-0.3, -0.25) is 10.1 Å². The molecular weight excluding hydrogens is 679 g/mol. The molecule has 1 saturated carbocycles. The Kier molecular flexibility index (Phi) is 9.86. The molecule has 7 rings (SSSR count). The number of para-hydroxylation sites is 1. The van der Waals surface area contributed by atoms with Crippen LogP contribution in [0.1, 0.15) is 52.7 Å². The Morgan fingerprint density at radius 3 is 2.33 bits per heavy atom. The van der Waals surface area contributed by atoms with Crippen molar-refractivity contribution in [1.29, 1.82) is 0 Å². The molecular formula is C41H39N3O7S. The van der Waals surface area contributed by atoms with Crippen molar-refractivity contribution >= 4 is 49.4 Å². The van der Waals surface area contributed by atoms with E-state index < -0.39 is 22.0 Å². The lowest BCUT2D eigenvalue weighted by molar-refractivity contribution is 0.0980. The first-order valence-corrected chi connectivity index (χ1v) is 18.6. The van der Waals surface area contributed by atoms with E-state index in [-0.39, 0.29) is 22.3 Å². The molecule has 1 heterocycles. The van der Waals surface area contributed by atoms with Crippen LogP contribution in [-0.4, -0.2) is 45.3 Å². The van der Waals surface area contributed by atoms with Crippen molar-refractivity contribution in [2.75, 3.05) is 19.5 Å². The van der Waals surface area contributed by atoms with Gasteiger partial charge in [0.15, 0.2) is 0 Å². The van der Waals surface area contributed by atoms with Crippen LogP contribution >= 0.6 is 0 Å². The second kappa shape index (κ2) is 14.8. The zero-order valence-electron chi connectivity index (χ0n) is 28.9. The van der Waals surface area contributed by atoms with E-state index in [9.17, 15) is 18.0 Å². The van der Waals surface area contributed by atoms with Gasteiger partial charge in [-0.2, -0.15) is 0 Å². The maximum Gasteiger partial charge on any atom is 0.411 e. The third-order valence-electron chi connectivity index (χ3n) is 9.47. The molecule has 11 heteroatoms. The monoisotopic (exact) mass is 717 g/mol. The van der Waals surface area contributed by atoms with Crippen molar-refractivity contribution in [3.8, 4) is 11.5 Å². The van der Waals surface area contributed by atoms with Gasteiger partial charge in [0.05, 0.1) is 14.2 Å². The third kappa shape index (κ3) is 7.45. The van der Waals surface area contributed by atoms with Crippen LogP contribution in [0, 0.1) is 0 Å². The van der Waals surface area contributed by atoms with Gasteiger partial charge in [0.2, 0.25) is 0 Å². The largest absolute Gasteiger partial charge is 0.496 e. The van der Waals surface area contributed by atoms with Crippen molar-refractivity contribution in [3.63, 3.8) is 0 Å². The Labute approximate surface area is 302 Å². The van der Waals surface area contributed by atoms with E-state index in [0.29, 0.717) is 24.4 Å². The number of nitrogens with one attached hydrogen (secondary N) is 2. The molecule has 1 aromatic heterocycles. The van der Waals surface area contributed by atoms with E-state index >= 15 is 0 Å². The SMILES string of the molecule is COc1cc(C(=O)NS(=O)(=O)c2ccccc2OC)ccc1Cc1cn(Cc2ccc3ccccc3c2)c2ccc(NC(=O)OC3CCCC3)cc12. The maximum atomic E-state index is 13.2. The topological polar surface area (TPSA) is 125 Å². The first-order chi connectivity index (χ1) is 25.2. The summed E-state index contributed by atoms with van der Waals surface area (Å²) in [7, 11) is -1.34. The average molecular weight is 718 g/mol. The Balaban J connectivity index is 1.18. The van der Waals surface area contributed by atoms with Gasteiger partial charge in [-0.1, -0.05) is 54.6 Å². The highest BCUT2D eigenvalue weighted by Gasteiger charge is 2.24. The lowest BCUT2D eigenvalue weighted by Gasteiger charge is -2.13. The van der Waals surface area contributed by atoms with Gasteiger partial charge in [-0.25, -0.2) is 17.9 Å². The summed E-state index contributed by atoms with van der Waals surface area (Å²) in [6, 6.07) is 31.5. The summed E-state index contributed by atoms with van der Waals surface area (Å²) in [4.78, 5) is 25.8. The third-order valence-corrected chi connectivity index (χ3v) is 10.8. The molecule has 0 aliphatic heterocycles. The molecule has 0 bridgehead atoms. The summed E-state index contributed by atoms with van der Waals surface area (Å²) in [5.74, 6) is -0.255. The summed E-state index contributed by atoms with van der Waals surface area (Å²) < 4.78 is 47.0. The van der Waals surface area contributed by atoms with Crippen LogP contribution in [0.15, 0.2) is 114 Å². The van der Waals surface area contributed by atoms with E-state index in [2.05, 4.69) is 51.1 Å². The standard InChI is InChI=1S/C41H39N3O7S/c1-49-37-13-7-8-14-39(37)52(47,48)43-40(45)31-18-17-30(38(23-31)50-2)22-32-26-44(25-27-15-16-28-9-3-4-10-29(28)21-27)36-20-19-33(24-35(32)36)42-41(46)51-34-11-5-6-12-34/h3-4,7-10,13-21,23-24,26,34H,5-6,11-12,22,25H2,1-2H3,(H,42,46)(H,43,45). The number of ether oxygens (including phenoxy) is 3. The Hall–Kier alpha value is -5.81. The molecule has 6 aromatic rings. The molecule has 0 spiro atoms. The number of sulfonamides is 1. The number of carbonyl (C=O) groups is 2. The van der Waals surface area contributed by atoms with E-state index in [0.717, 1.165) is 58.7 Å². The fraction of sp³-hybridized carbons (Fsp3) is 0.220. The molecule has 0 saturated heterocycles. The predicted molar refractivity (Wildman–Crippen MR) is 201 cm³/mol. The van der Waals surface area contributed by atoms with Gasteiger partial charge in [-0.05, 0) is 102 Å². The normalized spacial score (nSPS) is 13.3. The second-order valence-electron chi connectivity index (χ2n) is 12.9. The molecule has 2 amide bonds. The Bertz CT molecular complexity index is 2400. The van der Waals surface area contributed by atoms with Crippen LogP contribution in [0.3, 0.4) is 0 Å².